The molecule has 0 spiro atoms. The highest BCUT2D eigenvalue weighted by molar-refractivity contribution is 8.02. The van der Waals surface area contributed by atoms with E-state index in [1.54, 1.807) is 18.2 Å². The molecule has 3 rings (SSSR count). The lowest BCUT2D eigenvalue weighted by Crippen LogP contribution is -2.23. The molecule has 6 N–H and O–H groups in total. The fourth-order valence-corrected chi connectivity index (χ4v) is 2.77. The van der Waals surface area contributed by atoms with Gasteiger partial charge in [-0.15, -0.1) is 11.8 Å². The third-order valence-corrected chi connectivity index (χ3v) is 4.16. The number of fused-ring (bicyclic) bond motifs is 1. The van der Waals surface area contributed by atoms with Crippen LogP contribution in [0.1, 0.15) is 22.3 Å². The van der Waals surface area contributed by atoms with E-state index in [1.807, 2.05) is 11.8 Å². The monoisotopic (exact) mass is 342 g/mol. The van der Waals surface area contributed by atoms with Crippen molar-refractivity contribution in [1.82, 2.24) is 4.98 Å². The molecule has 1 aliphatic heterocycles. The Kier molecular flexibility index (Phi) is 5.97. The molecule has 124 valence electrons. The first-order chi connectivity index (χ1) is 11.5. The van der Waals surface area contributed by atoms with E-state index < -0.39 is 11.5 Å². The van der Waals surface area contributed by atoms with Gasteiger partial charge in [-0.1, -0.05) is 18.2 Å². The quantitative estimate of drug-likeness (QED) is 0.638. The van der Waals surface area contributed by atoms with E-state index in [1.165, 1.54) is 24.3 Å². The molecule has 0 saturated carbocycles. The number of benzene rings is 1. The Morgan fingerprint density at radius 1 is 1.29 bits per heavy atom. The van der Waals surface area contributed by atoms with Gasteiger partial charge in [-0.05, 0) is 41.0 Å². The predicted molar refractivity (Wildman–Crippen MR) is 100 cm³/mol. The molecule has 0 unspecified atom stereocenters. The van der Waals surface area contributed by atoms with E-state index in [2.05, 4.69) is 16.5 Å². The van der Waals surface area contributed by atoms with Crippen molar-refractivity contribution in [3.8, 4) is 0 Å². The Labute approximate surface area is 143 Å². The third kappa shape index (κ3) is 4.36. The summed E-state index contributed by atoms with van der Waals surface area (Å²) in [4.78, 5) is 25.3. The number of thioether (sulfide) groups is 1. The molecule has 2 aromatic rings. The van der Waals surface area contributed by atoms with Gasteiger partial charge in [0, 0.05) is 23.2 Å². The van der Waals surface area contributed by atoms with Gasteiger partial charge in [0.15, 0.2) is 0 Å². The molecule has 1 aromatic carbocycles. The van der Waals surface area contributed by atoms with Crippen LogP contribution in [-0.2, 0) is 0 Å². The summed E-state index contributed by atoms with van der Waals surface area (Å²) in [6.07, 6.45) is 6.00. The first kappa shape index (κ1) is 17.6. The number of carbonyl (C=O) groups is 1. The van der Waals surface area contributed by atoms with Gasteiger partial charge in [-0.2, -0.15) is 0 Å². The van der Waals surface area contributed by atoms with E-state index >= 15 is 0 Å². The molecule has 6 nitrogen and oxygen atoms in total. The Hall–Kier alpha value is -2.80. The van der Waals surface area contributed by atoms with E-state index in [-0.39, 0.29) is 5.56 Å². The molecule has 24 heavy (non-hydrogen) atoms. The van der Waals surface area contributed by atoms with Gasteiger partial charge in [0.05, 0.1) is 0 Å². The molecule has 0 saturated heterocycles. The number of aromatic nitrogens is 1. The fraction of sp³-hybridized carbons (Fsp3) is 0.118. The van der Waals surface area contributed by atoms with Crippen LogP contribution in [0.3, 0.4) is 0 Å². The molecule has 0 aliphatic carbocycles. The van der Waals surface area contributed by atoms with Crippen molar-refractivity contribution in [2.24, 2.45) is 11.5 Å². The van der Waals surface area contributed by atoms with Crippen LogP contribution in [-0.4, -0.2) is 22.9 Å². The van der Waals surface area contributed by atoms with E-state index in [4.69, 9.17) is 16.9 Å². The molecule has 1 aliphatic rings. The van der Waals surface area contributed by atoms with Crippen molar-refractivity contribution in [2.45, 2.75) is 6.42 Å². The molecule has 0 atom stereocenters. The molecule has 7 heteroatoms. The number of nitrogens with two attached hydrogens (primary N) is 2. The summed E-state index contributed by atoms with van der Waals surface area (Å²) < 4.78 is 0. The van der Waals surface area contributed by atoms with Crippen molar-refractivity contribution in [2.75, 3.05) is 5.75 Å². The highest BCUT2D eigenvalue weighted by Crippen LogP contribution is 2.17. The minimum Gasteiger partial charge on any atom is -0.398 e. The maximum absolute atomic E-state index is 11.6. The first-order valence-electron chi connectivity index (χ1n) is 7.23. The number of nitrogens with one attached hydrogen (secondary N) is 2. The summed E-state index contributed by atoms with van der Waals surface area (Å²) in [7, 11) is 0. The molecule has 0 bridgehead atoms. The number of hydrogen-bond donors (Lipinski definition) is 4. The molecule has 1 aromatic heterocycles. The SMILES string of the molecule is C1=CSCC1.N=C/C=C(\N)c1ccc2cc(C(N)=O)c(=O)[nH]c2c1. The summed E-state index contributed by atoms with van der Waals surface area (Å²) >= 11 is 1.89. The highest BCUT2D eigenvalue weighted by atomic mass is 32.2. The zero-order valence-corrected chi connectivity index (χ0v) is 13.7. The van der Waals surface area contributed by atoms with Crippen molar-refractivity contribution < 1.29 is 4.79 Å². The van der Waals surface area contributed by atoms with Crippen LogP contribution in [0.5, 0.6) is 0 Å². The number of amides is 1. The van der Waals surface area contributed by atoms with E-state index in [0.29, 0.717) is 22.2 Å². The molecule has 0 fully saturated rings. The van der Waals surface area contributed by atoms with Crippen molar-refractivity contribution >= 4 is 40.5 Å². The molecular weight excluding hydrogens is 324 g/mol. The summed E-state index contributed by atoms with van der Waals surface area (Å²) in [6, 6.07) is 6.58. The van der Waals surface area contributed by atoms with Crippen molar-refractivity contribution in [3.63, 3.8) is 0 Å². The standard InChI is InChI=1S/C13H12N4O2.C4H6S/c14-4-3-10(15)7-1-2-8-5-9(12(16)18)13(19)17-11(8)6-7;1-2-4-5-3-1/h1-6,14H,15H2,(H2,16,18)(H,17,19);1,3H,2,4H2/b10-3-,14-4?;. The normalized spacial score (nSPS) is 13.4. The maximum Gasteiger partial charge on any atom is 0.261 e. The lowest BCUT2D eigenvalue weighted by atomic mass is 10.1. The van der Waals surface area contributed by atoms with Crippen LogP contribution < -0.4 is 17.0 Å². The second-order valence-electron chi connectivity index (χ2n) is 5.00. The van der Waals surface area contributed by atoms with Crippen molar-refractivity contribution in [3.05, 3.63) is 63.3 Å². The Morgan fingerprint density at radius 3 is 2.62 bits per heavy atom. The van der Waals surface area contributed by atoms with Gasteiger partial charge in [-0.3, -0.25) is 9.59 Å². The van der Waals surface area contributed by atoms with Crippen LogP contribution in [0.25, 0.3) is 16.6 Å². The van der Waals surface area contributed by atoms with Gasteiger partial charge in [0.2, 0.25) is 0 Å². The van der Waals surface area contributed by atoms with E-state index in [0.717, 1.165) is 6.21 Å². The zero-order chi connectivity index (χ0) is 17.5. The number of hydrogen-bond acceptors (Lipinski definition) is 5. The Morgan fingerprint density at radius 2 is 2.08 bits per heavy atom. The number of carbonyl (C=O) groups excluding carboxylic acids is 1. The van der Waals surface area contributed by atoms with Gasteiger partial charge < -0.3 is 21.9 Å². The van der Waals surface area contributed by atoms with Crippen LogP contribution in [0.2, 0.25) is 0 Å². The second-order valence-corrected chi connectivity index (χ2v) is 6.01. The summed E-state index contributed by atoms with van der Waals surface area (Å²) in [6.45, 7) is 0. The maximum atomic E-state index is 11.6. The smallest absolute Gasteiger partial charge is 0.261 e. The minimum absolute atomic E-state index is 0.0803. The zero-order valence-electron chi connectivity index (χ0n) is 12.9. The Balaban J connectivity index is 0.000000355. The number of primary amides is 1. The number of pyridine rings is 1. The number of H-pyrrole nitrogens is 1. The molecule has 0 radical (unpaired) electrons. The third-order valence-electron chi connectivity index (χ3n) is 3.30. The topological polar surface area (TPSA) is 126 Å². The van der Waals surface area contributed by atoms with Crippen LogP contribution in [0, 0.1) is 5.41 Å². The van der Waals surface area contributed by atoms with Gasteiger partial charge in [0.25, 0.3) is 11.5 Å². The van der Waals surface area contributed by atoms with Crippen molar-refractivity contribution in [1.29, 1.82) is 5.41 Å². The molecule has 2 heterocycles. The minimum atomic E-state index is -0.768. The Bertz CT molecular complexity index is 878. The lowest BCUT2D eigenvalue weighted by molar-refractivity contribution is 0.0999. The van der Waals surface area contributed by atoms with Crippen LogP contribution in [0.4, 0.5) is 0 Å². The van der Waals surface area contributed by atoms with E-state index in [9.17, 15) is 9.59 Å². The summed E-state index contributed by atoms with van der Waals surface area (Å²) in [5.41, 5.74) is 11.9. The second kappa shape index (κ2) is 8.16. The first-order valence-corrected chi connectivity index (χ1v) is 8.28. The number of rotatable bonds is 3. The number of aromatic amines is 1. The molecule has 1 amide bonds. The van der Waals surface area contributed by atoms with Crippen LogP contribution >= 0.6 is 11.8 Å². The summed E-state index contributed by atoms with van der Waals surface area (Å²) in [5, 5.41) is 9.80. The predicted octanol–water partition coefficient (Wildman–Crippen LogP) is 2.21. The number of allylic oxidation sites excluding steroid dienone is 2. The average Bonchev–Trinajstić information content (AvgIpc) is 3.13. The van der Waals surface area contributed by atoms with Gasteiger partial charge in [0.1, 0.15) is 5.56 Å². The van der Waals surface area contributed by atoms with Gasteiger partial charge >= 0.3 is 0 Å². The van der Waals surface area contributed by atoms with Crippen LogP contribution in [0.15, 0.2) is 46.6 Å². The summed E-state index contributed by atoms with van der Waals surface area (Å²) in [5.74, 6) is 0.537. The average molecular weight is 342 g/mol. The fourth-order valence-electron chi connectivity index (χ4n) is 2.09. The lowest BCUT2D eigenvalue weighted by Gasteiger charge is -2.04. The highest BCUT2D eigenvalue weighted by Gasteiger charge is 2.08. The van der Waals surface area contributed by atoms with Gasteiger partial charge in [-0.25, -0.2) is 0 Å². The largest absolute Gasteiger partial charge is 0.398 e. The molecular formula is C17H18N4O2S.